The third-order valence-corrected chi connectivity index (χ3v) is 6.24. The molecule has 2 unspecified atom stereocenters. The highest BCUT2D eigenvalue weighted by molar-refractivity contribution is 8.21. The molecule has 2 amide bonds. The van der Waals surface area contributed by atoms with E-state index in [1.807, 2.05) is 29.2 Å². The van der Waals surface area contributed by atoms with Crippen molar-refractivity contribution in [2.24, 2.45) is 0 Å². The van der Waals surface area contributed by atoms with Crippen LogP contribution in [0, 0.1) is 5.41 Å². The largest absolute Gasteiger partial charge is 0.323 e. The smallest absolute Gasteiger partial charge is 0.316 e. The first kappa shape index (κ1) is 19.0. The number of hydrogen-bond acceptors (Lipinski definition) is 5. The molecule has 2 bridgehead atoms. The fourth-order valence-electron chi connectivity index (χ4n) is 4.25. The topological polar surface area (TPSA) is 72.3 Å². The Morgan fingerprint density at radius 2 is 1.96 bits per heavy atom. The standard InChI is InChI=1S/C21H25N5OS/c1-13(28-14(2)22)15-4-5-16-10-23-20(9-17(16)8-15)24-21(27)26-18-6-7-19(26)12-25(3)11-18/h4-5,8-10,18-19,22H,1,6-7,11-12H2,2-3H3,(H,23,24,27). The Bertz CT molecular complexity index is 945. The van der Waals surface area contributed by atoms with Crippen LogP contribution in [0.3, 0.4) is 0 Å². The average molecular weight is 396 g/mol. The van der Waals surface area contributed by atoms with Gasteiger partial charge in [-0.2, -0.15) is 0 Å². The minimum Gasteiger partial charge on any atom is -0.316 e. The van der Waals surface area contributed by atoms with E-state index >= 15 is 0 Å². The first-order valence-corrected chi connectivity index (χ1v) is 10.3. The van der Waals surface area contributed by atoms with E-state index < -0.39 is 0 Å². The first-order chi connectivity index (χ1) is 13.4. The van der Waals surface area contributed by atoms with Gasteiger partial charge in [0.2, 0.25) is 0 Å². The Morgan fingerprint density at radius 3 is 2.64 bits per heavy atom. The van der Waals surface area contributed by atoms with Crippen LogP contribution in [0.2, 0.25) is 0 Å². The summed E-state index contributed by atoms with van der Waals surface area (Å²) in [5, 5.41) is 13.1. The molecule has 0 saturated carbocycles. The number of likely N-dealkylation sites (tertiary alicyclic amines) is 1. The Morgan fingerprint density at radius 1 is 1.25 bits per heavy atom. The molecule has 2 fully saturated rings. The van der Waals surface area contributed by atoms with Gasteiger partial charge in [0, 0.05) is 41.7 Å². The summed E-state index contributed by atoms with van der Waals surface area (Å²) in [7, 11) is 2.12. The maximum Gasteiger partial charge on any atom is 0.323 e. The van der Waals surface area contributed by atoms with Crippen molar-refractivity contribution >= 4 is 44.3 Å². The van der Waals surface area contributed by atoms with Gasteiger partial charge < -0.3 is 9.80 Å². The van der Waals surface area contributed by atoms with E-state index in [0.717, 1.165) is 47.2 Å². The van der Waals surface area contributed by atoms with E-state index in [4.69, 9.17) is 5.41 Å². The van der Waals surface area contributed by atoms with E-state index in [2.05, 4.69) is 28.8 Å². The van der Waals surface area contributed by atoms with Crippen molar-refractivity contribution in [1.82, 2.24) is 14.8 Å². The van der Waals surface area contributed by atoms with Crippen LogP contribution in [0.4, 0.5) is 10.6 Å². The third-order valence-electron chi connectivity index (χ3n) is 5.45. The Kier molecular flexibility index (Phi) is 5.12. The van der Waals surface area contributed by atoms with Crippen LogP contribution >= 0.6 is 11.8 Å². The summed E-state index contributed by atoms with van der Waals surface area (Å²) in [6.45, 7) is 7.68. The lowest BCUT2D eigenvalue weighted by Gasteiger charge is -2.39. The number of pyridine rings is 1. The number of rotatable bonds is 3. The fourth-order valence-corrected chi connectivity index (χ4v) is 4.86. The molecule has 2 aliphatic heterocycles. The molecule has 28 heavy (non-hydrogen) atoms. The van der Waals surface area contributed by atoms with Crippen molar-refractivity contribution in [1.29, 1.82) is 5.41 Å². The SMILES string of the molecule is C=C(SC(C)=N)c1ccc2cnc(NC(=O)N3C4CCC3CN(C)C4)cc2c1. The van der Waals surface area contributed by atoms with E-state index in [-0.39, 0.29) is 6.03 Å². The molecule has 2 saturated heterocycles. The van der Waals surface area contributed by atoms with Crippen LogP contribution in [0.5, 0.6) is 0 Å². The number of anilines is 1. The molecule has 2 aromatic rings. The van der Waals surface area contributed by atoms with Crippen molar-refractivity contribution in [3.05, 3.63) is 42.6 Å². The third kappa shape index (κ3) is 3.77. The number of aromatic nitrogens is 1. The molecule has 2 atom stereocenters. The lowest BCUT2D eigenvalue weighted by molar-refractivity contribution is 0.111. The molecule has 2 aliphatic rings. The summed E-state index contributed by atoms with van der Waals surface area (Å²) in [6.07, 6.45) is 3.93. The van der Waals surface area contributed by atoms with Gasteiger partial charge in [-0.1, -0.05) is 30.5 Å². The van der Waals surface area contributed by atoms with Gasteiger partial charge in [-0.3, -0.25) is 10.7 Å². The number of amides is 2. The lowest BCUT2D eigenvalue weighted by atomic mass is 10.1. The van der Waals surface area contributed by atoms with E-state index in [9.17, 15) is 4.79 Å². The molecular weight excluding hydrogens is 370 g/mol. The molecule has 1 aromatic carbocycles. The van der Waals surface area contributed by atoms with Gasteiger partial charge in [0.1, 0.15) is 5.82 Å². The van der Waals surface area contributed by atoms with Crippen LogP contribution in [-0.2, 0) is 0 Å². The summed E-state index contributed by atoms with van der Waals surface area (Å²) in [5.74, 6) is 0.564. The van der Waals surface area contributed by atoms with Crippen LogP contribution in [-0.4, -0.2) is 58.1 Å². The molecule has 2 N–H and O–H groups in total. The fraction of sp³-hybridized carbons (Fsp3) is 0.381. The van der Waals surface area contributed by atoms with E-state index in [0.29, 0.717) is 22.9 Å². The summed E-state index contributed by atoms with van der Waals surface area (Å²) in [4.78, 5) is 22.5. The molecule has 0 radical (unpaired) electrons. The van der Waals surface area contributed by atoms with Crippen LogP contribution < -0.4 is 5.32 Å². The summed E-state index contributed by atoms with van der Waals surface area (Å²) in [6, 6.07) is 8.45. The second-order valence-corrected chi connectivity index (χ2v) is 8.97. The Hall–Kier alpha value is -2.38. The van der Waals surface area contributed by atoms with Crippen LogP contribution in [0.1, 0.15) is 25.3 Å². The highest BCUT2D eigenvalue weighted by Crippen LogP contribution is 2.31. The summed E-state index contributed by atoms with van der Waals surface area (Å²) in [5.41, 5.74) is 0.977. The number of thioether (sulfide) groups is 1. The lowest BCUT2D eigenvalue weighted by Crippen LogP contribution is -2.55. The molecular formula is C21H25N5OS. The number of benzene rings is 1. The molecule has 4 rings (SSSR count). The molecule has 0 aliphatic carbocycles. The predicted molar refractivity (Wildman–Crippen MR) is 117 cm³/mol. The van der Waals surface area contributed by atoms with Gasteiger partial charge >= 0.3 is 6.03 Å². The zero-order valence-corrected chi connectivity index (χ0v) is 17.1. The molecule has 0 spiro atoms. The molecule has 7 heteroatoms. The highest BCUT2D eigenvalue weighted by atomic mass is 32.2. The number of hydrogen-bond donors (Lipinski definition) is 2. The number of fused-ring (bicyclic) bond motifs is 3. The monoisotopic (exact) mass is 395 g/mol. The minimum atomic E-state index is -0.0528. The van der Waals surface area contributed by atoms with Gasteiger partial charge in [-0.05, 0) is 49.9 Å². The number of nitrogens with one attached hydrogen (secondary N) is 2. The second kappa shape index (κ2) is 7.56. The van der Waals surface area contributed by atoms with Crippen molar-refractivity contribution < 1.29 is 4.79 Å². The minimum absolute atomic E-state index is 0.0528. The number of piperazine rings is 1. The highest BCUT2D eigenvalue weighted by Gasteiger charge is 2.41. The van der Waals surface area contributed by atoms with Crippen molar-refractivity contribution in [2.75, 3.05) is 25.5 Å². The van der Waals surface area contributed by atoms with E-state index in [1.165, 1.54) is 11.8 Å². The molecule has 1 aromatic heterocycles. The zero-order chi connectivity index (χ0) is 19.8. The van der Waals surface area contributed by atoms with Gasteiger partial charge in [-0.15, -0.1) is 0 Å². The normalized spacial score (nSPS) is 21.7. The maximum absolute atomic E-state index is 12.9. The first-order valence-electron chi connectivity index (χ1n) is 9.50. The number of carbonyl (C=O) groups is 1. The van der Waals surface area contributed by atoms with Gasteiger partial charge in [0.15, 0.2) is 0 Å². The van der Waals surface area contributed by atoms with Crippen molar-refractivity contribution in [2.45, 2.75) is 31.8 Å². The number of nitrogens with zero attached hydrogens (tertiary/aromatic N) is 3. The van der Waals surface area contributed by atoms with Gasteiger partial charge in [0.25, 0.3) is 0 Å². The number of urea groups is 1. The Labute approximate surface area is 169 Å². The summed E-state index contributed by atoms with van der Waals surface area (Å²) >= 11 is 1.35. The summed E-state index contributed by atoms with van der Waals surface area (Å²) < 4.78 is 0. The van der Waals surface area contributed by atoms with Gasteiger partial charge in [-0.25, -0.2) is 9.78 Å². The Balaban J connectivity index is 1.53. The van der Waals surface area contributed by atoms with Gasteiger partial charge in [0.05, 0.1) is 5.04 Å². The van der Waals surface area contributed by atoms with E-state index in [1.54, 1.807) is 13.1 Å². The number of carbonyl (C=O) groups excluding carboxylic acids is 1. The van der Waals surface area contributed by atoms with Crippen molar-refractivity contribution in [3.63, 3.8) is 0 Å². The second-order valence-electron chi connectivity index (χ2n) is 7.66. The maximum atomic E-state index is 12.9. The zero-order valence-electron chi connectivity index (χ0n) is 16.2. The predicted octanol–water partition coefficient (Wildman–Crippen LogP) is 4.25. The molecule has 146 valence electrons. The van der Waals surface area contributed by atoms with Crippen LogP contribution in [0.15, 0.2) is 37.0 Å². The van der Waals surface area contributed by atoms with Crippen LogP contribution in [0.25, 0.3) is 15.7 Å². The average Bonchev–Trinajstić information content (AvgIpc) is 2.92. The molecule has 3 heterocycles. The quantitative estimate of drug-likeness (QED) is 0.602. The van der Waals surface area contributed by atoms with Crippen molar-refractivity contribution in [3.8, 4) is 0 Å². The molecule has 6 nitrogen and oxygen atoms in total. The number of likely N-dealkylation sites (N-methyl/N-ethyl adjacent to an activating group) is 1.